The lowest BCUT2D eigenvalue weighted by atomic mass is 9.96. The average Bonchev–Trinajstić information content (AvgIpc) is 3.71. The summed E-state index contributed by atoms with van der Waals surface area (Å²) < 4.78 is 5.37. The molecule has 5 amide bonds. The number of unbranched alkanes of at least 4 members (excludes halogenated alkanes) is 1. The molecule has 3 rings (SSSR count). The number of aliphatic hydroxyl groups is 1. The van der Waals surface area contributed by atoms with Gasteiger partial charge in [-0.3, -0.25) is 24.0 Å². The minimum absolute atomic E-state index is 0.0390. The van der Waals surface area contributed by atoms with Crippen molar-refractivity contribution in [1.29, 1.82) is 0 Å². The number of rotatable bonds is 21. The summed E-state index contributed by atoms with van der Waals surface area (Å²) in [7, 11) is 7.28. The first-order valence-electron chi connectivity index (χ1n) is 18.7. The molecule has 0 unspecified atom stereocenters. The first-order chi connectivity index (χ1) is 26.5. The first kappa shape index (κ1) is 45.0. The lowest BCUT2D eigenvalue weighted by Gasteiger charge is -2.29. The number of carbonyl (C=O) groups excluding carboxylic acids is 6. The SMILES string of the molecule is COC(=O)c1ccc(C(=O)N[C@@H](Cc2ccccc2)C(=O)N[C@@H](N)C(=O)N[C@H](C(=O)N[C@@H](CCCC[N+](C)(C)C)C(=O)N[C@H](CO)C(=O)O)C2CCCC2)cc1. The van der Waals surface area contributed by atoms with Gasteiger partial charge in [0.15, 0.2) is 6.17 Å². The van der Waals surface area contributed by atoms with Gasteiger partial charge in [0.05, 0.1) is 47.0 Å². The molecule has 0 saturated heterocycles. The van der Waals surface area contributed by atoms with E-state index in [0.29, 0.717) is 35.7 Å². The molecule has 0 heterocycles. The highest BCUT2D eigenvalue weighted by Crippen LogP contribution is 2.28. The Bertz CT molecular complexity index is 1660. The average molecular weight is 783 g/mol. The maximum atomic E-state index is 13.9. The molecule has 306 valence electrons. The Kier molecular flexibility index (Phi) is 17.4. The van der Waals surface area contributed by atoms with Crippen LogP contribution in [0.15, 0.2) is 54.6 Å². The Morgan fingerprint density at radius 2 is 1.34 bits per heavy atom. The summed E-state index contributed by atoms with van der Waals surface area (Å²) in [6.45, 7) is -0.0747. The van der Waals surface area contributed by atoms with E-state index < -0.39 is 78.4 Å². The number of aliphatic hydroxyl groups excluding tert-OH is 1. The predicted octanol–water partition coefficient (Wildman–Crippen LogP) is -0.187. The fraction of sp³-hybridized carbons (Fsp3) is 0.513. The number of hydrogen-bond donors (Lipinski definition) is 8. The van der Waals surface area contributed by atoms with Gasteiger partial charge in [0.1, 0.15) is 24.2 Å². The van der Waals surface area contributed by atoms with E-state index >= 15 is 0 Å². The normalized spacial score (nSPS) is 15.6. The van der Waals surface area contributed by atoms with Crippen LogP contribution in [0.2, 0.25) is 0 Å². The van der Waals surface area contributed by atoms with Crippen molar-refractivity contribution in [2.45, 2.75) is 81.7 Å². The van der Waals surface area contributed by atoms with E-state index in [9.17, 15) is 43.8 Å². The van der Waals surface area contributed by atoms with Gasteiger partial charge in [-0.05, 0) is 67.9 Å². The standard InChI is InChI=1S/C39H55N7O10/c1-46(2,3)21-11-10-16-28(34(49)43-30(23-47)38(53)54)41-36(51)31(25-14-8-9-15-25)44-37(52)32(40)45-35(50)29(22-24-12-6-5-7-13-24)42-33(48)26-17-19-27(20-18-26)39(55)56-4/h5-7,12-13,17-20,25,28-32,47H,8-11,14-16,21-23,40H2,1-4H3,(H5-,41,42,43,44,45,48,49,50,51,52,53,54)/p+1/t28-,29-,30+,31-,32+/m0/s1. The molecular formula is C39H56N7O10+. The molecule has 0 aliphatic heterocycles. The van der Waals surface area contributed by atoms with Crippen molar-refractivity contribution in [1.82, 2.24) is 26.6 Å². The van der Waals surface area contributed by atoms with E-state index in [1.54, 1.807) is 30.3 Å². The molecule has 9 N–H and O–H groups in total. The zero-order valence-corrected chi connectivity index (χ0v) is 32.4. The molecule has 1 fully saturated rings. The van der Waals surface area contributed by atoms with Crippen LogP contribution in [0.3, 0.4) is 0 Å². The Balaban J connectivity index is 1.76. The predicted molar refractivity (Wildman–Crippen MR) is 205 cm³/mol. The van der Waals surface area contributed by atoms with Crippen LogP contribution in [0.4, 0.5) is 0 Å². The number of amides is 5. The van der Waals surface area contributed by atoms with Crippen molar-refractivity contribution < 1.29 is 53.0 Å². The zero-order chi connectivity index (χ0) is 41.4. The van der Waals surface area contributed by atoms with Crippen molar-refractivity contribution in [3.8, 4) is 0 Å². The minimum Gasteiger partial charge on any atom is -0.480 e. The fourth-order valence-corrected chi connectivity index (χ4v) is 6.35. The van der Waals surface area contributed by atoms with E-state index in [4.69, 9.17) is 10.5 Å². The molecule has 0 aromatic heterocycles. The van der Waals surface area contributed by atoms with Gasteiger partial charge in [-0.25, -0.2) is 9.59 Å². The number of esters is 1. The smallest absolute Gasteiger partial charge is 0.337 e. The number of hydrogen-bond acceptors (Lipinski definition) is 10. The van der Waals surface area contributed by atoms with Gasteiger partial charge in [0, 0.05) is 12.0 Å². The van der Waals surface area contributed by atoms with Crippen molar-refractivity contribution in [3.05, 3.63) is 71.3 Å². The molecule has 17 heteroatoms. The highest BCUT2D eigenvalue weighted by Gasteiger charge is 2.36. The summed E-state index contributed by atoms with van der Waals surface area (Å²) in [6, 6.07) is 9.39. The van der Waals surface area contributed by atoms with Crippen LogP contribution in [-0.2, 0) is 35.1 Å². The van der Waals surface area contributed by atoms with E-state index in [-0.39, 0.29) is 29.9 Å². The number of nitrogens with two attached hydrogens (primary N) is 1. The summed E-state index contributed by atoms with van der Waals surface area (Å²) in [5.41, 5.74) is 7.27. The molecule has 1 aliphatic rings. The molecule has 56 heavy (non-hydrogen) atoms. The third kappa shape index (κ3) is 14.4. The molecule has 2 aromatic rings. The molecule has 1 saturated carbocycles. The van der Waals surface area contributed by atoms with Crippen LogP contribution in [0.5, 0.6) is 0 Å². The molecule has 0 spiro atoms. The number of nitrogens with zero attached hydrogens (tertiary/aromatic N) is 1. The summed E-state index contributed by atoms with van der Waals surface area (Å²) in [5, 5.41) is 31.6. The van der Waals surface area contributed by atoms with Crippen molar-refractivity contribution in [2.75, 3.05) is 41.4 Å². The molecule has 0 radical (unpaired) electrons. The van der Waals surface area contributed by atoms with Gasteiger partial charge < -0.3 is 51.8 Å². The largest absolute Gasteiger partial charge is 0.480 e. The molecule has 17 nitrogen and oxygen atoms in total. The number of methoxy groups -OCH3 is 1. The van der Waals surface area contributed by atoms with Crippen LogP contribution < -0.4 is 32.3 Å². The number of aliphatic carboxylic acids is 1. The second-order valence-corrected chi connectivity index (χ2v) is 15.0. The lowest BCUT2D eigenvalue weighted by molar-refractivity contribution is -0.870. The summed E-state index contributed by atoms with van der Waals surface area (Å²) in [5.74, 6) is -6.11. The van der Waals surface area contributed by atoms with Gasteiger partial charge >= 0.3 is 11.9 Å². The van der Waals surface area contributed by atoms with Gasteiger partial charge in [0.25, 0.3) is 11.8 Å². The Labute approximate surface area is 326 Å². The van der Waals surface area contributed by atoms with Crippen LogP contribution in [0.25, 0.3) is 0 Å². The molecular weight excluding hydrogens is 726 g/mol. The topological polar surface area (TPSA) is 255 Å². The Morgan fingerprint density at radius 1 is 0.750 bits per heavy atom. The maximum Gasteiger partial charge on any atom is 0.337 e. The lowest BCUT2D eigenvalue weighted by Crippen LogP contribution is -2.62. The van der Waals surface area contributed by atoms with E-state index in [0.717, 1.165) is 19.4 Å². The van der Waals surface area contributed by atoms with Crippen molar-refractivity contribution in [3.63, 3.8) is 0 Å². The third-order valence-electron chi connectivity index (χ3n) is 9.51. The third-order valence-corrected chi connectivity index (χ3v) is 9.51. The molecule has 2 aromatic carbocycles. The van der Waals surface area contributed by atoms with Crippen LogP contribution >= 0.6 is 0 Å². The highest BCUT2D eigenvalue weighted by atomic mass is 16.5. The monoisotopic (exact) mass is 782 g/mol. The van der Waals surface area contributed by atoms with Crippen LogP contribution in [0, 0.1) is 5.92 Å². The maximum absolute atomic E-state index is 13.9. The van der Waals surface area contributed by atoms with Crippen LogP contribution in [-0.4, -0.2) is 128 Å². The van der Waals surface area contributed by atoms with Gasteiger partial charge in [-0.15, -0.1) is 0 Å². The minimum atomic E-state index is -1.65. The van der Waals surface area contributed by atoms with Crippen LogP contribution in [0.1, 0.15) is 71.2 Å². The van der Waals surface area contributed by atoms with E-state index in [1.807, 2.05) is 21.1 Å². The number of ether oxygens (including phenoxy) is 1. The quantitative estimate of drug-likeness (QED) is 0.0357. The Morgan fingerprint density at radius 3 is 1.91 bits per heavy atom. The number of nitrogens with one attached hydrogen (secondary N) is 5. The van der Waals surface area contributed by atoms with Gasteiger partial charge in [0.2, 0.25) is 17.7 Å². The first-order valence-corrected chi connectivity index (χ1v) is 18.7. The second-order valence-electron chi connectivity index (χ2n) is 15.0. The van der Waals surface area contributed by atoms with Gasteiger partial charge in [-0.2, -0.15) is 0 Å². The summed E-state index contributed by atoms with van der Waals surface area (Å²) >= 11 is 0. The van der Waals surface area contributed by atoms with E-state index in [1.165, 1.54) is 31.4 Å². The molecule has 1 aliphatic carbocycles. The number of carboxylic acids is 1. The number of carboxylic acid groups (broad SMARTS) is 1. The Hall–Kier alpha value is -5.39. The van der Waals surface area contributed by atoms with Crippen molar-refractivity contribution >= 4 is 41.5 Å². The summed E-state index contributed by atoms with van der Waals surface area (Å²) in [6.07, 6.45) is 2.56. The summed E-state index contributed by atoms with van der Waals surface area (Å²) in [4.78, 5) is 90.9. The van der Waals surface area contributed by atoms with Gasteiger partial charge in [-0.1, -0.05) is 43.2 Å². The van der Waals surface area contributed by atoms with Crippen molar-refractivity contribution in [2.24, 2.45) is 11.7 Å². The zero-order valence-electron chi connectivity index (χ0n) is 32.4. The highest BCUT2D eigenvalue weighted by molar-refractivity contribution is 6.00. The number of quaternary nitrogens is 1. The number of benzene rings is 2. The number of carbonyl (C=O) groups is 7. The van der Waals surface area contributed by atoms with E-state index in [2.05, 4.69) is 26.6 Å². The fourth-order valence-electron chi connectivity index (χ4n) is 6.35. The molecule has 0 bridgehead atoms. The second kappa shape index (κ2) is 21.6. The molecule has 5 atom stereocenters.